The van der Waals surface area contributed by atoms with Gasteiger partial charge in [0.25, 0.3) is 5.24 Å². The van der Waals surface area contributed by atoms with Crippen molar-refractivity contribution in [1.82, 2.24) is 4.90 Å². The van der Waals surface area contributed by atoms with Gasteiger partial charge in [-0.2, -0.15) is 5.26 Å². The molecule has 1 aliphatic rings. The molecule has 4 nitrogen and oxygen atoms in total. The van der Waals surface area contributed by atoms with Gasteiger partial charge in [0.1, 0.15) is 5.84 Å². The second-order valence-electron chi connectivity index (χ2n) is 4.25. The van der Waals surface area contributed by atoms with Gasteiger partial charge < -0.3 is 0 Å². The zero-order chi connectivity index (χ0) is 13.7. The minimum absolute atomic E-state index is 0.0728. The molecule has 19 heavy (non-hydrogen) atoms. The Labute approximate surface area is 117 Å². The molecule has 5 heteroatoms. The second-order valence-corrected chi connectivity index (χ2v) is 5.18. The average Bonchev–Trinajstić information content (AvgIpc) is 2.77. The van der Waals surface area contributed by atoms with Crippen LogP contribution in [0.1, 0.15) is 25.3 Å². The number of hydrogen-bond acceptors (Lipinski definition) is 4. The Hall–Kier alpha value is -1.80. The maximum atomic E-state index is 11.8. The van der Waals surface area contributed by atoms with Crippen molar-refractivity contribution in [3.8, 4) is 6.07 Å². The molecule has 0 atom stereocenters. The molecule has 0 aliphatic carbocycles. The first kappa shape index (κ1) is 13.6. The SMILES string of the molecule is CCCCN1C(=O)SCC1=Nc1cccc(C#N)c1. The average molecular weight is 273 g/mol. The molecule has 0 unspecified atom stereocenters. The zero-order valence-electron chi connectivity index (χ0n) is 10.8. The van der Waals surface area contributed by atoms with Crippen LogP contribution >= 0.6 is 11.8 Å². The highest BCUT2D eigenvalue weighted by Crippen LogP contribution is 2.24. The van der Waals surface area contributed by atoms with Crippen LogP contribution in [0, 0.1) is 11.3 Å². The number of unbranched alkanes of at least 4 members (excludes halogenated alkanes) is 1. The second kappa shape index (κ2) is 6.39. The molecule has 1 heterocycles. The minimum Gasteiger partial charge on any atom is -0.290 e. The summed E-state index contributed by atoms with van der Waals surface area (Å²) in [4.78, 5) is 18.0. The van der Waals surface area contributed by atoms with Crippen molar-refractivity contribution in [2.24, 2.45) is 4.99 Å². The van der Waals surface area contributed by atoms with Crippen molar-refractivity contribution in [1.29, 1.82) is 5.26 Å². The summed E-state index contributed by atoms with van der Waals surface area (Å²) in [5.41, 5.74) is 1.31. The minimum atomic E-state index is 0.0728. The number of aliphatic imine (C=N–C) groups is 1. The van der Waals surface area contributed by atoms with E-state index in [0.29, 0.717) is 11.3 Å². The van der Waals surface area contributed by atoms with Gasteiger partial charge in [0.05, 0.1) is 23.1 Å². The van der Waals surface area contributed by atoms with E-state index in [1.807, 2.05) is 6.07 Å². The van der Waals surface area contributed by atoms with Crippen molar-refractivity contribution < 1.29 is 4.79 Å². The van der Waals surface area contributed by atoms with Crippen LogP contribution in [0.3, 0.4) is 0 Å². The lowest BCUT2D eigenvalue weighted by Gasteiger charge is -2.15. The molecule has 1 saturated heterocycles. The molecule has 1 aliphatic heterocycles. The molecule has 1 amide bonds. The number of amidine groups is 1. The van der Waals surface area contributed by atoms with Crippen LogP contribution in [0.5, 0.6) is 0 Å². The summed E-state index contributed by atoms with van der Waals surface area (Å²) in [5, 5.41) is 8.94. The lowest BCUT2D eigenvalue weighted by atomic mass is 10.2. The van der Waals surface area contributed by atoms with Gasteiger partial charge in [-0.15, -0.1) is 0 Å². The third-order valence-corrected chi connectivity index (χ3v) is 3.70. The molecule has 2 rings (SSSR count). The van der Waals surface area contributed by atoms with Gasteiger partial charge in [-0.1, -0.05) is 31.2 Å². The molecular weight excluding hydrogens is 258 g/mol. The van der Waals surface area contributed by atoms with Crippen LogP contribution < -0.4 is 0 Å². The number of hydrogen-bond donors (Lipinski definition) is 0. The number of rotatable bonds is 4. The van der Waals surface area contributed by atoms with Crippen LogP contribution in [0.25, 0.3) is 0 Å². The molecule has 0 bridgehead atoms. The van der Waals surface area contributed by atoms with Crippen LogP contribution in [-0.4, -0.2) is 28.3 Å². The monoisotopic (exact) mass is 273 g/mol. The van der Waals surface area contributed by atoms with Crippen molar-refractivity contribution >= 4 is 28.5 Å². The normalized spacial score (nSPS) is 16.9. The number of carbonyl (C=O) groups is 1. The summed E-state index contributed by atoms with van der Waals surface area (Å²) in [6, 6.07) is 9.22. The molecule has 0 saturated carbocycles. The van der Waals surface area contributed by atoms with Crippen LogP contribution in [0.15, 0.2) is 29.3 Å². The van der Waals surface area contributed by atoms with E-state index >= 15 is 0 Å². The van der Waals surface area contributed by atoms with Crippen molar-refractivity contribution in [2.45, 2.75) is 19.8 Å². The van der Waals surface area contributed by atoms with E-state index < -0.39 is 0 Å². The van der Waals surface area contributed by atoms with E-state index in [0.717, 1.165) is 30.9 Å². The number of thioether (sulfide) groups is 1. The molecule has 0 N–H and O–H groups in total. The van der Waals surface area contributed by atoms with Gasteiger partial charge in [0, 0.05) is 6.54 Å². The topological polar surface area (TPSA) is 56.5 Å². The Morgan fingerprint density at radius 2 is 2.37 bits per heavy atom. The standard InChI is InChI=1S/C14H15N3OS/c1-2-3-7-17-13(10-19-14(17)18)16-12-6-4-5-11(8-12)9-15/h4-6,8H,2-3,7,10H2,1H3. The highest BCUT2D eigenvalue weighted by Gasteiger charge is 2.27. The molecule has 1 aromatic carbocycles. The van der Waals surface area contributed by atoms with Gasteiger partial charge in [-0.3, -0.25) is 9.69 Å². The number of benzene rings is 1. The quantitative estimate of drug-likeness (QED) is 0.842. The van der Waals surface area contributed by atoms with E-state index in [1.54, 1.807) is 23.1 Å². The summed E-state index contributed by atoms with van der Waals surface area (Å²) in [5.74, 6) is 1.40. The van der Waals surface area contributed by atoms with Crippen molar-refractivity contribution in [3.63, 3.8) is 0 Å². The number of amides is 1. The Balaban J connectivity index is 2.21. The lowest BCUT2D eigenvalue weighted by molar-refractivity contribution is 0.244. The molecule has 0 aromatic heterocycles. The number of nitriles is 1. The smallest absolute Gasteiger partial charge is 0.287 e. The van der Waals surface area contributed by atoms with E-state index in [9.17, 15) is 4.79 Å². The lowest BCUT2D eigenvalue weighted by Crippen LogP contribution is -2.29. The highest BCUT2D eigenvalue weighted by molar-refractivity contribution is 8.14. The first-order valence-corrected chi connectivity index (χ1v) is 7.25. The fourth-order valence-corrected chi connectivity index (χ4v) is 2.64. The Kier molecular flexibility index (Phi) is 4.58. The molecule has 1 aromatic rings. The third kappa shape index (κ3) is 3.36. The predicted molar refractivity (Wildman–Crippen MR) is 77.7 cm³/mol. The fraction of sp³-hybridized carbons (Fsp3) is 0.357. The summed E-state index contributed by atoms with van der Waals surface area (Å²) in [7, 11) is 0. The molecule has 0 radical (unpaired) electrons. The highest BCUT2D eigenvalue weighted by atomic mass is 32.2. The van der Waals surface area contributed by atoms with Crippen LogP contribution in [-0.2, 0) is 0 Å². The van der Waals surface area contributed by atoms with E-state index in [2.05, 4.69) is 18.0 Å². The predicted octanol–water partition coefficient (Wildman–Crippen LogP) is 3.56. The first-order valence-electron chi connectivity index (χ1n) is 6.26. The maximum absolute atomic E-state index is 11.8. The van der Waals surface area contributed by atoms with E-state index in [-0.39, 0.29) is 5.24 Å². The Morgan fingerprint density at radius 3 is 3.11 bits per heavy atom. The fourth-order valence-electron chi connectivity index (χ4n) is 1.81. The van der Waals surface area contributed by atoms with Crippen LogP contribution in [0.4, 0.5) is 10.5 Å². The van der Waals surface area contributed by atoms with Gasteiger partial charge in [0.2, 0.25) is 0 Å². The molecular formula is C14H15N3OS. The molecule has 98 valence electrons. The van der Waals surface area contributed by atoms with Crippen molar-refractivity contribution in [2.75, 3.05) is 12.3 Å². The van der Waals surface area contributed by atoms with Gasteiger partial charge in [0.15, 0.2) is 0 Å². The number of nitrogens with zero attached hydrogens (tertiary/aromatic N) is 3. The van der Waals surface area contributed by atoms with E-state index in [1.165, 1.54) is 11.8 Å². The third-order valence-electron chi connectivity index (χ3n) is 2.83. The van der Waals surface area contributed by atoms with E-state index in [4.69, 9.17) is 5.26 Å². The van der Waals surface area contributed by atoms with Gasteiger partial charge in [-0.25, -0.2) is 4.99 Å². The summed E-state index contributed by atoms with van der Waals surface area (Å²) < 4.78 is 0. The Morgan fingerprint density at radius 1 is 1.53 bits per heavy atom. The zero-order valence-corrected chi connectivity index (χ0v) is 11.6. The largest absolute Gasteiger partial charge is 0.290 e. The van der Waals surface area contributed by atoms with Gasteiger partial charge >= 0.3 is 0 Å². The summed E-state index contributed by atoms with van der Waals surface area (Å²) in [6.07, 6.45) is 2.02. The summed E-state index contributed by atoms with van der Waals surface area (Å²) >= 11 is 1.28. The van der Waals surface area contributed by atoms with Gasteiger partial charge in [-0.05, 0) is 24.6 Å². The summed E-state index contributed by atoms with van der Waals surface area (Å²) in [6.45, 7) is 2.82. The van der Waals surface area contributed by atoms with Crippen molar-refractivity contribution in [3.05, 3.63) is 29.8 Å². The maximum Gasteiger partial charge on any atom is 0.287 e. The molecule has 1 fully saturated rings. The number of carbonyl (C=O) groups excluding carboxylic acids is 1. The molecule has 0 spiro atoms. The Bertz CT molecular complexity index is 548. The van der Waals surface area contributed by atoms with Crippen LogP contribution in [0.2, 0.25) is 0 Å². The first-order chi connectivity index (χ1) is 9.24.